The van der Waals surface area contributed by atoms with Crippen LogP contribution in [-0.2, 0) is 0 Å². The molecule has 1 N–H and O–H groups in total. The standard InChI is InChI=1S/C14H16FIN2/c1-7(2)12-8(3)18-13-10(14(12)17-4)5-9(15)6-11(13)16/h5-7H,1-4H3,(H,17,18). The van der Waals surface area contributed by atoms with E-state index in [1.165, 1.54) is 6.07 Å². The largest absolute Gasteiger partial charge is 0.387 e. The molecule has 0 unspecified atom stereocenters. The van der Waals surface area contributed by atoms with Crippen LogP contribution in [0.1, 0.15) is 31.0 Å². The first-order valence-corrected chi connectivity index (χ1v) is 7.00. The summed E-state index contributed by atoms with van der Waals surface area (Å²) in [5.74, 6) is 0.133. The number of pyridine rings is 1. The molecular weight excluding hydrogens is 342 g/mol. The molecule has 4 heteroatoms. The van der Waals surface area contributed by atoms with Gasteiger partial charge in [0, 0.05) is 27.4 Å². The molecule has 0 atom stereocenters. The fourth-order valence-electron chi connectivity index (χ4n) is 2.40. The molecule has 0 fully saturated rings. The van der Waals surface area contributed by atoms with Gasteiger partial charge in [-0.25, -0.2) is 4.39 Å². The second kappa shape index (κ2) is 4.99. The number of aromatic nitrogens is 1. The van der Waals surface area contributed by atoms with Gasteiger partial charge in [-0.05, 0) is 53.1 Å². The van der Waals surface area contributed by atoms with Crippen LogP contribution < -0.4 is 5.32 Å². The van der Waals surface area contributed by atoms with E-state index < -0.39 is 0 Å². The van der Waals surface area contributed by atoms with Crippen LogP contribution in [-0.4, -0.2) is 12.0 Å². The molecule has 18 heavy (non-hydrogen) atoms. The summed E-state index contributed by atoms with van der Waals surface area (Å²) in [6, 6.07) is 3.07. The first-order valence-electron chi connectivity index (χ1n) is 5.92. The van der Waals surface area contributed by atoms with Crippen molar-refractivity contribution < 1.29 is 4.39 Å². The molecule has 1 aromatic heterocycles. The zero-order valence-electron chi connectivity index (χ0n) is 10.9. The molecule has 0 aliphatic carbocycles. The van der Waals surface area contributed by atoms with Crippen molar-refractivity contribution in [1.82, 2.24) is 4.98 Å². The van der Waals surface area contributed by atoms with Gasteiger partial charge in [-0.15, -0.1) is 0 Å². The average Bonchev–Trinajstić information content (AvgIpc) is 2.28. The highest BCUT2D eigenvalue weighted by atomic mass is 127. The van der Waals surface area contributed by atoms with Crippen molar-refractivity contribution in [2.45, 2.75) is 26.7 Å². The maximum Gasteiger partial charge on any atom is 0.125 e. The van der Waals surface area contributed by atoms with Crippen molar-refractivity contribution in [2.24, 2.45) is 0 Å². The number of benzene rings is 1. The first-order chi connectivity index (χ1) is 8.45. The number of nitrogens with zero attached hydrogens (tertiary/aromatic N) is 1. The number of fused-ring (bicyclic) bond motifs is 1. The minimum absolute atomic E-state index is 0.219. The summed E-state index contributed by atoms with van der Waals surface area (Å²) in [6.07, 6.45) is 0. The first kappa shape index (κ1) is 13.5. The van der Waals surface area contributed by atoms with Crippen molar-refractivity contribution in [1.29, 1.82) is 0 Å². The van der Waals surface area contributed by atoms with Gasteiger partial charge in [0.15, 0.2) is 0 Å². The molecular formula is C14H16FIN2. The van der Waals surface area contributed by atoms with Crippen LogP contribution in [0.3, 0.4) is 0 Å². The van der Waals surface area contributed by atoms with E-state index in [9.17, 15) is 4.39 Å². The van der Waals surface area contributed by atoms with Gasteiger partial charge in [-0.1, -0.05) is 13.8 Å². The molecule has 0 saturated heterocycles. The van der Waals surface area contributed by atoms with E-state index in [2.05, 4.69) is 46.7 Å². The molecule has 2 nitrogen and oxygen atoms in total. The minimum Gasteiger partial charge on any atom is -0.387 e. The van der Waals surface area contributed by atoms with E-state index in [1.54, 1.807) is 6.07 Å². The summed E-state index contributed by atoms with van der Waals surface area (Å²) in [4.78, 5) is 4.63. The molecule has 1 aromatic carbocycles. The normalized spacial score (nSPS) is 11.3. The number of halogens is 2. The van der Waals surface area contributed by atoms with Crippen LogP contribution >= 0.6 is 22.6 Å². The van der Waals surface area contributed by atoms with Crippen LogP contribution in [0.5, 0.6) is 0 Å². The van der Waals surface area contributed by atoms with E-state index in [1.807, 2.05) is 14.0 Å². The SMILES string of the molecule is CNc1c(C(C)C)c(C)nc2c(I)cc(F)cc12. The third-order valence-electron chi connectivity index (χ3n) is 3.06. The molecule has 96 valence electrons. The van der Waals surface area contributed by atoms with Crippen LogP contribution in [0, 0.1) is 16.3 Å². The highest BCUT2D eigenvalue weighted by Gasteiger charge is 2.16. The minimum atomic E-state index is -0.219. The summed E-state index contributed by atoms with van der Waals surface area (Å²) in [6.45, 7) is 6.26. The van der Waals surface area contributed by atoms with Crippen LogP contribution in [0.2, 0.25) is 0 Å². The maximum atomic E-state index is 13.6. The van der Waals surface area contributed by atoms with Crippen molar-refractivity contribution in [3.05, 3.63) is 32.8 Å². The number of hydrogen-bond acceptors (Lipinski definition) is 2. The Morgan fingerprint density at radius 3 is 2.56 bits per heavy atom. The maximum absolute atomic E-state index is 13.6. The fourth-order valence-corrected chi connectivity index (χ4v) is 3.11. The Bertz CT molecular complexity index is 609. The molecule has 0 aliphatic heterocycles. The monoisotopic (exact) mass is 358 g/mol. The van der Waals surface area contributed by atoms with Gasteiger partial charge >= 0.3 is 0 Å². The lowest BCUT2D eigenvalue weighted by atomic mass is 9.96. The fraction of sp³-hybridized carbons (Fsp3) is 0.357. The topological polar surface area (TPSA) is 24.9 Å². The lowest BCUT2D eigenvalue weighted by molar-refractivity contribution is 0.628. The van der Waals surface area contributed by atoms with Gasteiger partial charge in [0.2, 0.25) is 0 Å². The summed E-state index contributed by atoms with van der Waals surface area (Å²) >= 11 is 2.13. The van der Waals surface area contributed by atoms with Gasteiger partial charge in [0.05, 0.1) is 5.52 Å². The van der Waals surface area contributed by atoms with Gasteiger partial charge in [-0.2, -0.15) is 0 Å². The van der Waals surface area contributed by atoms with Gasteiger partial charge in [0.1, 0.15) is 5.82 Å². The predicted molar refractivity (Wildman–Crippen MR) is 82.8 cm³/mol. The Morgan fingerprint density at radius 2 is 2.00 bits per heavy atom. The molecule has 0 amide bonds. The second-order valence-electron chi connectivity index (χ2n) is 4.67. The number of anilines is 1. The molecule has 0 radical (unpaired) electrons. The summed E-state index contributed by atoms with van der Waals surface area (Å²) < 4.78 is 14.4. The zero-order valence-corrected chi connectivity index (χ0v) is 13.1. The van der Waals surface area contributed by atoms with E-state index in [4.69, 9.17) is 0 Å². The Balaban J connectivity index is 2.94. The average molecular weight is 358 g/mol. The number of aryl methyl sites for hydroxylation is 1. The second-order valence-corrected chi connectivity index (χ2v) is 5.84. The third kappa shape index (κ3) is 2.18. The Morgan fingerprint density at radius 1 is 1.33 bits per heavy atom. The molecule has 1 heterocycles. The summed E-state index contributed by atoms with van der Waals surface area (Å²) in [5, 5.41) is 4.06. The predicted octanol–water partition coefficient (Wildman–Crippen LogP) is 4.45. The lowest BCUT2D eigenvalue weighted by Crippen LogP contribution is -2.04. The van der Waals surface area contributed by atoms with E-state index >= 15 is 0 Å². The van der Waals surface area contributed by atoms with Crippen LogP contribution in [0.25, 0.3) is 10.9 Å². The third-order valence-corrected chi connectivity index (χ3v) is 3.89. The van der Waals surface area contributed by atoms with E-state index in [-0.39, 0.29) is 5.82 Å². The smallest absolute Gasteiger partial charge is 0.125 e. The Hall–Kier alpha value is -0.910. The molecule has 2 aromatic rings. The lowest BCUT2D eigenvalue weighted by Gasteiger charge is -2.18. The van der Waals surface area contributed by atoms with Gasteiger partial charge in [-0.3, -0.25) is 4.98 Å². The van der Waals surface area contributed by atoms with E-state index in [0.717, 1.165) is 31.4 Å². The molecule has 0 spiro atoms. The number of rotatable bonds is 2. The van der Waals surface area contributed by atoms with Gasteiger partial charge < -0.3 is 5.32 Å². The number of nitrogens with one attached hydrogen (secondary N) is 1. The highest BCUT2D eigenvalue weighted by Crippen LogP contribution is 2.35. The van der Waals surface area contributed by atoms with Crippen LogP contribution in [0.15, 0.2) is 12.1 Å². The zero-order chi connectivity index (χ0) is 13.4. The summed E-state index contributed by atoms with van der Waals surface area (Å²) in [7, 11) is 1.87. The van der Waals surface area contributed by atoms with Crippen molar-refractivity contribution in [3.63, 3.8) is 0 Å². The van der Waals surface area contributed by atoms with Gasteiger partial charge in [0.25, 0.3) is 0 Å². The summed E-state index contributed by atoms with van der Waals surface area (Å²) in [5.41, 5.74) is 4.02. The highest BCUT2D eigenvalue weighted by molar-refractivity contribution is 14.1. The Kier molecular flexibility index (Phi) is 3.75. The number of hydrogen-bond donors (Lipinski definition) is 1. The van der Waals surface area contributed by atoms with E-state index in [0.29, 0.717) is 5.92 Å². The van der Waals surface area contributed by atoms with Crippen molar-refractivity contribution >= 4 is 39.2 Å². The van der Waals surface area contributed by atoms with Crippen molar-refractivity contribution in [2.75, 3.05) is 12.4 Å². The molecule has 0 aliphatic rings. The molecule has 0 saturated carbocycles. The van der Waals surface area contributed by atoms with Crippen LogP contribution in [0.4, 0.5) is 10.1 Å². The van der Waals surface area contributed by atoms with Crippen molar-refractivity contribution in [3.8, 4) is 0 Å². The Labute approximate surface area is 120 Å². The molecule has 0 bridgehead atoms. The molecule has 2 rings (SSSR count). The quantitative estimate of drug-likeness (QED) is 0.803.